The van der Waals surface area contributed by atoms with Gasteiger partial charge in [-0.05, 0) is 79.4 Å². The summed E-state index contributed by atoms with van der Waals surface area (Å²) < 4.78 is 11.7. The Morgan fingerprint density at radius 1 is 0.921 bits per heavy atom. The molecule has 3 heterocycles. The van der Waals surface area contributed by atoms with Gasteiger partial charge in [0.1, 0.15) is 5.82 Å². The van der Waals surface area contributed by atoms with E-state index in [0.29, 0.717) is 38.1 Å². The van der Waals surface area contributed by atoms with E-state index in [9.17, 15) is 14.4 Å². The minimum absolute atomic E-state index is 0.0537. The first-order chi connectivity index (χ1) is 18.6. The van der Waals surface area contributed by atoms with Crippen LogP contribution in [0.5, 0.6) is 0 Å². The molecule has 7 rings (SSSR count). The average molecular weight is 537 g/mol. The van der Waals surface area contributed by atoms with E-state index in [2.05, 4.69) is 21.4 Å². The zero-order valence-electron chi connectivity index (χ0n) is 21.8. The third kappa shape index (κ3) is 4.08. The largest absolute Gasteiger partial charge is 0.449 e. The standard InChI is InChI=1S/C29H36N4O4S/c34-27-24-18-9-10-19(15-18)25(24)28(35)33(27)16-20-5-1-2-6-21(20)17-37-29(36)32-13-11-31(12-14-32)26-22-7-3-4-8-23(22)38-30-26/h3-4,7-8,18-21,24-25H,1-2,5-6,9-17H2/t18-,19+,20-,21-,24-,25+/m0/s1. The highest BCUT2D eigenvalue weighted by Crippen LogP contribution is 2.56. The number of benzene rings is 1. The fraction of sp³-hybridized carbons (Fsp3) is 0.655. The SMILES string of the molecule is O=C(OC[C@@H]1CCCC[C@H]1CN1C(=O)[C@@H]2[C@@H]3CC[C@@H](C3)[C@@H]2C1=O)N1CCN(c2nsc3ccccc23)CC1. The predicted molar refractivity (Wildman–Crippen MR) is 145 cm³/mol. The van der Waals surface area contributed by atoms with Crippen molar-refractivity contribution in [1.82, 2.24) is 14.2 Å². The maximum atomic E-state index is 13.2. The number of nitrogens with zero attached hydrogens (tertiary/aromatic N) is 4. The van der Waals surface area contributed by atoms with Crippen LogP contribution < -0.4 is 4.90 Å². The zero-order chi connectivity index (χ0) is 25.8. The predicted octanol–water partition coefficient (Wildman–Crippen LogP) is 4.39. The molecule has 3 saturated carbocycles. The first-order valence-corrected chi connectivity index (χ1v) is 15.2. The lowest BCUT2D eigenvalue weighted by molar-refractivity contribution is -0.142. The Morgan fingerprint density at radius 2 is 1.61 bits per heavy atom. The number of ether oxygens (including phenoxy) is 1. The van der Waals surface area contributed by atoms with E-state index in [1.54, 1.807) is 9.80 Å². The molecule has 0 spiro atoms. The summed E-state index contributed by atoms with van der Waals surface area (Å²) in [5, 5.41) is 1.17. The minimum Gasteiger partial charge on any atom is -0.449 e. The number of anilines is 1. The molecule has 9 heteroatoms. The van der Waals surface area contributed by atoms with Crippen molar-refractivity contribution in [1.29, 1.82) is 0 Å². The van der Waals surface area contributed by atoms with Crippen molar-refractivity contribution in [3.63, 3.8) is 0 Å². The van der Waals surface area contributed by atoms with Crippen LogP contribution in [0.4, 0.5) is 10.6 Å². The number of fused-ring (bicyclic) bond motifs is 6. The molecule has 0 radical (unpaired) electrons. The second kappa shape index (κ2) is 9.81. The highest BCUT2D eigenvalue weighted by Gasteiger charge is 2.61. The fourth-order valence-corrected chi connectivity index (χ4v) is 8.90. The third-order valence-electron chi connectivity index (χ3n) is 10.1. The van der Waals surface area contributed by atoms with E-state index < -0.39 is 0 Å². The van der Waals surface area contributed by atoms with Crippen LogP contribution in [0, 0.1) is 35.5 Å². The van der Waals surface area contributed by atoms with Gasteiger partial charge >= 0.3 is 6.09 Å². The lowest BCUT2D eigenvalue weighted by atomic mass is 9.79. The van der Waals surface area contributed by atoms with Crippen molar-refractivity contribution < 1.29 is 19.1 Å². The molecule has 0 unspecified atom stereocenters. The summed E-state index contributed by atoms with van der Waals surface area (Å²) in [6, 6.07) is 8.27. The Hall–Kier alpha value is -2.68. The third-order valence-corrected chi connectivity index (χ3v) is 10.9. The van der Waals surface area contributed by atoms with E-state index in [0.717, 1.165) is 63.9 Å². The van der Waals surface area contributed by atoms with Crippen LogP contribution in [0.15, 0.2) is 24.3 Å². The quantitative estimate of drug-likeness (QED) is 0.527. The summed E-state index contributed by atoms with van der Waals surface area (Å²) in [6.45, 7) is 3.57. The molecule has 3 aliphatic carbocycles. The Labute approximate surface area is 227 Å². The van der Waals surface area contributed by atoms with Crippen LogP contribution in [0.3, 0.4) is 0 Å². The van der Waals surface area contributed by atoms with Gasteiger partial charge in [-0.25, -0.2) is 4.79 Å². The molecule has 1 aromatic heterocycles. The molecule has 202 valence electrons. The van der Waals surface area contributed by atoms with E-state index >= 15 is 0 Å². The monoisotopic (exact) mass is 536 g/mol. The maximum Gasteiger partial charge on any atom is 0.409 e. The normalized spacial score (nSPS) is 32.9. The molecule has 2 aliphatic heterocycles. The molecule has 0 N–H and O–H groups in total. The number of aromatic nitrogens is 1. The van der Waals surface area contributed by atoms with Gasteiger partial charge in [-0.3, -0.25) is 14.5 Å². The number of piperazine rings is 1. The molecule has 5 aliphatic rings. The Bertz CT molecular complexity index is 1210. The van der Waals surface area contributed by atoms with Gasteiger partial charge in [-0.1, -0.05) is 25.0 Å². The molecule has 2 saturated heterocycles. The number of likely N-dealkylation sites (tertiary alicyclic amines) is 1. The van der Waals surface area contributed by atoms with Crippen molar-refractivity contribution in [2.45, 2.75) is 44.9 Å². The number of amides is 3. The number of carbonyl (C=O) groups excluding carboxylic acids is 3. The average Bonchev–Trinajstić information content (AvgIpc) is 3.73. The summed E-state index contributed by atoms with van der Waals surface area (Å²) in [6.07, 6.45) is 7.21. The van der Waals surface area contributed by atoms with Gasteiger partial charge in [-0.15, -0.1) is 0 Å². The minimum atomic E-state index is -0.253. The summed E-state index contributed by atoms with van der Waals surface area (Å²) in [4.78, 5) is 45.1. The molecule has 38 heavy (non-hydrogen) atoms. The number of hydrogen-bond acceptors (Lipinski definition) is 7. The van der Waals surface area contributed by atoms with E-state index in [4.69, 9.17) is 4.74 Å². The van der Waals surface area contributed by atoms with Crippen molar-refractivity contribution in [2.75, 3.05) is 44.2 Å². The summed E-state index contributed by atoms with van der Waals surface area (Å²) in [5.74, 6) is 2.33. The molecule has 1 aromatic carbocycles. The van der Waals surface area contributed by atoms with Gasteiger partial charge in [0.2, 0.25) is 11.8 Å². The molecule has 8 nitrogen and oxygen atoms in total. The highest BCUT2D eigenvalue weighted by atomic mass is 32.1. The second-order valence-electron chi connectivity index (χ2n) is 12.0. The van der Waals surface area contributed by atoms with Gasteiger partial charge in [0, 0.05) is 38.1 Å². The van der Waals surface area contributed by atoms with Crippen molar-refractivity contribution in [3.05, 3.63) is 24.3 Å². The van der Waals surface area contributed by atoms with Gasteiger partial charge in [-0.2, -0.15) is 4.37 Å². The summed E-state index contributed by atoms with van der Waals surface area (Å²) in [7, 11) is 0. The Kier molecular flexibility index (Phi) is 6.29. The van der Waals surface area contributed by atoms with Gasteiger partial charge in [0.05, 0.1) is 23.1 Å². The topological polar surface area (TPSA) is 83.0 Å². The molecular formula is C29H36N4O4S. The first kappa shape index (κ1) is 24.4. The zero-order valence-corrected chi connectivity index (χ0v) is 22.6. The molecule has 2 bridgehead atoms. The first-order valence-electron chi connectivity index (χ1n) is 14.4. The summed E-state index contributed by atoms with van der Waals surface area (Å²) >= 11 is 1.52. The summed E-state index contributed by atoms with van der Waals surface area (Å²) in [5.41, 5.74) is 0. The van der Waals surface area contributed by atoms with Crippen LogP contribution in [-0.2, 0) is 14.3 Å². The van der Waals surface area contributed by atoms with E-state index in [-0.39, 0.29) is 41.6 Å². The van der Waals surface area contributed by atoms with Crippen LogP contribution in [0.1, 0.15) is 44.9 Å². The number of hydrogen-bond donors (Lipinski definition) is 0. The van der Waals surface area contributed by atoms with Crippen molar-refractivity contribution in [2.24, 2.45) is 35.5 Å². The molecule has 5 fully saturated rings. The second-order valence-corrected chi connectivity index (χ2v) is 12.8. The van der Waals surface area contributed by atoms with E-state index in [1.807, 2.05) is 12.1 Å². The van der Waals surface area contributed by atoms with Crippen LogP contribution in [0.2, 0.25) is 0 Å². The number of imide groups is 1. The molecule has 3 amide bonds. The van der Waals surface area contributed by atoms with Gasteiger partial charge in [0.15, 0.2) is 0 Å². The van der Waals surface area contributed by atoms with E-state index in [1.165, 1.54) is 21.6 Å². The lowest BCUT2D eigenvalue weighted by Gasteiger charge is -2.36. The van der Waals surface area contributed by atoms with Crippen LogP contribution in [-0.4, -0.2) is 71.4 Å². The lowest BCUT2D eigenvalue weighted by Crippen LogP contribution is -2.49. The van der Waals surface area contributed by atoms with Crippen LogP contribution >= 0.6 is 11.5 Å². The van der Waals surface area contributed by atoms with Gasteiger partial charge < -0.3 is 14.5 Å². The van der Waals surface area contributed by atoms with Crippen molar-refractivity contribution >= 4 is 45.3 Å². The Morgan fingerprint density at radius 3 is 2.34 bits per heavy atom. The fourth-order valence-electron chi connectivity index (χ4n) is 8.10. The number of rotatable bonds is 5. The Balaban J connectivity index is 0.933. The van der Waals surface area contributed by atoms with Crippen molar-refractivity contribution in [3.8, 4) is 0 Å². The highest BCUT2D eigenvalue weighted by molar-refractivity contribution is 7.13. The smallest absolute Gasteiger partial charge is 0.409 e. The van der Waals surface area contributed by atoms with Crippen LogP contribution in [0.25, 0.3) is 10.1 Å². The number of carbonyl (C=O) groups is 3. The maximum absolute atomic E-state index is 13.2. The molecule has 6 atom stereocenters. The van der Waals surface area contributed by atoms with Gasteiger partial charge in [0.25, 0.3) is 0 Å². The molecular weight excluding hydrogens is 500 g/mol. The molecule has 2 aromatic rings.